The summed E-state index contributed by atoms with van der Waals surface area (Å²) >= 11 is 0. The number of fused-ring (bicyclic) bond motifs is 3. The van der Waals surface area contributed by atoms with Gasteiger partial charge < -0.3 is 15.6 Å². The standard InChI is InChI=1S/C33H29N5O2/c1-32(39)19-33(34,20-32)25-12-8-23(9-13-25)30-27(21-6-4-3-5-7-21)16-24-18-35-29-17-28(37-38(29)31(24)36-30)22-10-14-26(40-2)15-11-22/h3-18,39H,19-20,34H2,1-2H3. The molecule has 7 rings (SSSR count). The number of pyridine rings is 1. The normalized spacial score (nSPS) is 20.5. The highest BCUT2D eigenvalue weighted by molar-refractivity contribution is 5.91. The maximum absolute atomic E-state index is 10.3. The zero-order valence-electron chi connectivity index (χ0n) is 22.4. The Morgan fingerprint density at radius 3 is 2.25 bits per heavy atom. The minimum Gasteiger partial charge on any atom is -0.497 e. The molecule has 3 aromatic carbocycles. The molecule has 7 nitrogen and oxygen atoms in total. The van der Waals surface area contributed by atoms with Crippen molar-refractivity contribution in [1.29, 1.82) is 0 Å². The lowest BCUT2D eigenvalue weighted by Crippen LogP contribution is -2.58. The molecule has 3 N–H and O–H groups in total. The van der Waals surface area contributed by atoms with Gasteiger partial charge in [-0.3, -0.25) is 0 Å². The van der Waals surface area contributed by atoms with E-state index in [4.69, 9.17) is 25.5 Å². The van der Waals surface area contributed by atoms with Crippen molar-refractivity contribution in [2.75, 3.05) is 7.11 Å². The number of ether oxygens (including phenoxy) is 1. The van der Waals surface area contributed by atoms with Crippen molar-refractivity contribution in [3.8, 4) is 39.4 Å². The highest BCUT2D eigenvalue weighted by Gasteiger charge is 2.49. The van der Waals surface area contributed by atoms with Crippen LogP contribution in [0.5, 0.6) is 5.75 Å². The van der Waals surface area contributed by atoms with Gasteiger partial charge >= 0.3 is 0 Å². The summed E-state index contributed by atoms with van der Waals surface area (Å²) in [6.07, 6.45) is 2.95. The van der Waals surface area contributed by atoms with Crippen LogP contribution in [0.15, 0.2) is 97.2 Å². The first kappa shape index (κ1) is 24.5. The van der Waals surface area contributed by atoms with E-state index in [1.165, 1.54) is 0 Å². The summed E-state index contributed by atoms with van der Waals surface area (Å²) in [5.74, 6) is 0.796. The van der Waals surface area contributed by atoms with E-state index in [-0.39, 0.29) is 0 Å². The number of aliphatic hydroxyl groups is 1. The second-order valence-corrected chi connectivity index (χ2v) is 11.0. The van der Waals surface area contributed by atoms with Crippen LogP contribution in [-0.4, -0.2) is 37.4 Å². The SMILES string of the molecule is COc1ccc(-c2cc3ncc4cc(-c5ccccc5)c(-c5ccc(C6(N)CC(C)(O)C6)cc5)nc4n3n2)cc1. The van der Waals surface area contributed by atoms with Crippen molar-refractivity contribution in [2.24, 2.45) is 5.73 Å². The Morgan fingerprint density at radius 1 is 0.875 bits per heavy atom. The number of hydrogen-bond donors (Lipinski definition) is 2. The van der Waals surface area contributed by atoms with E-state index < -0.39 is 11.1 Å². The van der Waals surface area contributed by atoms with E-state index in [2.05, 4.69) is 42.5 Å². The van der Waals surface area contributed by atoms with Crippen LogP contribution in [0.1, 0.15) is 25.3 Å². The highest BCUT2D eigenvalue weighted by atomic mass is 16.5. The molecule has 0 aliphatic heterocycles. The summed E-state index contributed by atoms with van der Waals surface area (Å²) in [5.41, 5.74) is 13.6. The van der Waals surface area contributed by atoms with Crippen LogP contribution in [0.25, 0.3) is 50.3 Å². The second-order valence-electron chi connectivity index (χ2n) is 11.0. The van der Waals surface area contributed by atoms with Gasteiger partial charge in [-0.2, -0.15) is 9.61 Å². The van der Waals surface area contributed by atoms with Gasteiger partial charge in [-0.05, 0) is 61.2 Å². The van der Waals surface area contributed by atoms with E-state index in [0.29, 0.717) is 12.8 Å². The maximum atomic E-state index is 10.3. The Morgan fingerprint density at radius 2 is 1.57 bits per heavy atom. The minimum atomic E-state index is -0.707. The molecule has 1 fully saturated rings. The van der Waals surface area contributed by atoms with Crippen molar-refractivity contribution in [3.63, 3.8) is 0 Å². The van der Waals surface area contributed by atoms with Crippen molar-refractivity contribution in [2.45, 2.75) is 30.9 Å². The molecule has 3 heterocycles. The van der Waals surface area contributed by atoms with Gasteiger partial charge in [0.1, 0.15) is 5.75 Å². The number of rotatable bonds is 5. The smallest absolute Gasteiger partial charge is 0.165 e. The third kappa shape index (κ3) is 4.11. The Kier molecular flexibility index (Phi) is 5.49. The maximum Gasteiger partial charge on any atom is 0.165 e. The van der Waals surface area contributed by atoms with Crippen molar-refractivity contribution in [1.82, 2.24) is 19.6 Å². The van der Waals surface area contributed by atoms with Gasteiger partial charge in [-0.1, -0.05) is 54.6 Å². The highest BCUT2D eigenvalue weighted by Crippen LogP contribution is 2.46. The Labute approximate surface area is 231 Å². The fourth-order valence-electron chi connectivity index (χ4n) is 5.97. The van der Waals surface area contributed by atoms with Gasteiger partial charge in [0, 0.05) is 39.9 Å². The average Bonchev–Trinajstić information content (AvgIpc) is 3.41. The molecular formula is C33H29N5O2. The molecule has 0 radical (unpaired) electrons. The Bertz CT molecular complexity index is 1850. The Balaban J connectivity index is 1.37. The lowest BCUT2D eigenvalue weighted by molar-refractivity contribution is -0.0738. The summed E-state index contributed by atoms with van der Waals surface area (Å²) in [6.45, 7) is 1.84. The van der Waals surface area contributed by atoms with Crippen LogP contribution < -0.4 is 10.5 Å². The molecule has 0 bridgehead atoms. The van der Waals surface area contributed by atoms with Crippen LogP contribution in [0.4, 0.5) is 0 Å². The lowest BCUT2D eigenvalue weighted by atomic mass is 9.63. The molecule has 198 valence electrons. The number of aromatic nitrogens is 4. The molecule has 1 aliphatic carbocycles. The summed E-state index contributed by atoms with van der Waals surface area (Å²) in [7, 11) is 1.66. The molecule has 0 unspecified atom stereocenters. The first-order valence-electron chi connectivity index (χ1n) is 13.3. The van der Waals surface area contributed by atoms with Gasteiger partial charge in [-0.25, -0.2) is 9.97 Å². The molecule has 0 atom stereocenters. The largest absolute Gasteiger partial charge is 0.497 e. The number of benzene rings is 3. The summed E-state index contributed by atoms with van der Waals surface area (Å²) in [5, 5.41) is 16.1. The molecule has 6 aromatic rings. The van der Waals surface area contributed by atoms with E-state index >= 15 is 0 Å². The Hall–Kier alpha value is -4.59. The molecular weight excluding hydrogens is 498 g/mol. The molecule has 40 heavy (non-hydrogen) atoms. The number of methoxy groups -OCH3 is 1. The number of hydrogen-bond acceptors (Lipinski definition) is 6. The first-order chi connectivity index (χ1) is 19.3. The van der Waals surface area contributed by atoms with Crippen LogP contribution in [0.2, 0.25) is 0 Å². The molecule has 0 saturated heterocycles. The number of nitrogens with zero attached hydrogens (tertiary/aromatic N) is 4. The zero-order chi connectivity index (χ0) is 27.5. The van der Waals surface area contributed by atoms with Gasteiger partial charge in [0.15, 0.2) is 11.3 Å². The summed E-state index contributed by atoms with van der Waals surface area (Å²) in [6, 6.07) is 30.4. The average molecular weight is 528 g/mol. The lowest BCUT2D eigenvalue weighted by Gasteiger charge is -2.49. The third-order valence-corrected chi connectivity index (χ3v) is 7.85. The summed E-state index contributed by atoms with van der Waals surface area (Å²) in [4.78, 5) is 9.90. The van der Waals surface area contributed by atoms with E-state index in [1.807, 2.05) is 66.2 Å². The molecule has 0 spiro atoms. The second kappa shape index (κ2) is 8.98. The van der Waals surface area contributed by atoms with E-state index in [0.717, 1.165) is 61.6 Å². The quantitative estimate of drug-likeness (QED) is 0.286. The van der Waals surface area contributed by atoms with Crippen LogP contribution in [0.3, 0.4) is 0 Å². The fourth-order valence-corrected chi connectivity index (χ4v) is 5.97. The first-order valence-corrected chi connectivity index (χ1v) is 13.3. The molecule has 1 saturated carbocycles. The monoisotopic (exact) mass is 527 g/mol. The third-order valence-electron chi connectivity index (χ3n) is 7.85. The molecule has 3 aromatic heterocycles. The fraction of sp³-hybridized carbons (Fsp3) is 0.182. The topological polar surface area (TPSA) is 98.6 Å². The zero-order valence-corrected chi connectivity index (χ0v) is 22.4. The van der Waals surface area contributed by atoms with Gasteiger partial charge in [0.2, 0.25) is 0 Å². The van der Waals surface area contributed by atoms with Crippen molar-refractivity contribution < 1.29 is 9.84 Å². The van der Waals surface area contributed by atoms with Gasteiger partial charge in [0.05, 0.1) is 24.1 Å². The number of nitrogens with two attached hydrogens (primary N) is 1. The van der Waals surface area contributed by atoms with E-state index in [9.17, 15) is 5.11 Å². The van der Waals surface area contributed by atoms with Crippen molar-refractivity contribution >= 4 is 16.7 Å². The predicted molar refractivity (Wildman–Crippen MR) is 157 cm³/mol. The van der Waals surface area contributed by atoms with E-state index in [1.54, 1.807) is 7.11 Å². The van der Waals surface area contributed by atoms with Crippen LogP contribution >= 0.6 is 0 Å². The predicted octanol–water partition coefficient (Wildman–Crippen LogP) is 5.99. The molecule has 0 amide bonds. The molecule has 1 aliphatic rings. The van der Waals surface area contributed by atoms with Crippen LogP contribution in [0, 0.1) is 0 Å². The summed E-state index contributed by atoms with van der Waals surface area (Å²) < 4.78 is 7.12. The minimum absolute atomic E-state index is 0.508. The van der Waals surface area contributed by atoms with Crippen LogP contribution in [-0.2, 0) is 5.54 Å². The van der Waals surface area contributed by atoms with Crippen molar-refractivity contribution in [3.05, 3.63) is 103 Å². The van der Waals surface area contributed by atoms with Gasteiger partial charge in [0.25, 0.3) is 0 Å². The molecule has 7 heteroatoms. The van der Waals surface area contributed by atoms with Gasteiger partial charge in [-0.15, -0.1) is 0 Å².